The number of urea groups is 1. The van der Waals surface area contributed by atoms with Crippen LogP contribution in [0.5, 0.6) is 5.75 Å². The number of aromatic carboxylic acids is 1. The van der Waals surface area contributed by atoms with Crippen LogP contribution in [-0.4, -0.2) is 36.2 Å². The molecule has 0 aromatic heterocycles. The Kier molecular flexibility index (Phi) is 5.52. The predicted octanol–water partition coefficient (Wildman–Crippen LogP) is 0.918. The number of hydrogen-bond acceptors (Lipinski definition) is 4. The highest BCUT2D eigenvalue weighted by molar-refractivity contribution is 5.95. The molecule has 0 saturated carbocycles. The fourth-order valence-corrected chi connectivity index (χ4v) is 1.51. The van der Waals surface area contributed by atoms with Crippen LogP contribution in [0.4, 0.5) is 4.79 Å². The lowest BCUT2D eigenvalue weighted by atomic mass is 10.1. The Hall–Kier alpha value is -2.57. The van der Waals surface area contributed by atoms with E-state index in [9.17, 15) is 14.4 Å². The Morgan fingerprint density at radius 2 is 2.00 bits per heavy atom. The second-order valence-corrected chi connectivity index (χ2v) is 3.93. The SMILES string of the molecule is CCNC(=O)NC(=O)COc1cccc(C(=O)O)c1C. The third kappa shape index (κ3) is 4.27. The van der Waals surface area contributed by atoms with E-state index < -0.39 is 17.9 Å². The summed E-state index contributed by atoms with van der Waals surface area (Å²) in [6, 6.07) is 3.92. The topological polar surface area (TPSA) is 105 Å². The fourth-order valence-electron chi connectivity index (χ4n) is 1.51. The number of imide groups is 1. The maximum Gasteiger partial charge on any atom is 0.336 e. The van der Waals surface area contributed by atoms with E-state index in [1.807, 2.05) is 0 Å². The highest BCUT2D eigenvalue weighted by Gasteiger charge is 2.13. The van der Waals surface area contributed by atoms with Crippen LogP contribution in [0.25, 0.3) is 0 Å². The first kappa shape index (κ1) is 15.5. The van der Waals surface area contributed by atoms with Crippen LogP contribution in [0.2, 0.25) is 0 Å². The smallest absolute Gasteiger partial charge is 0.336 e. The molecule has 0 heterocycles. The van der Waals surface area contributed by atoms with Crippen molar-refractivity contribution in [2.24, 2.45) is 0 Å². The lowest BCUT2D eigenvalue weighted by Crippen LogP contribution is -2.41. The molecule has 0 bridgehead atoms. The van der Waals surface area contributed by atoms with Crippen LogP contribution in [-0.2, 0) is 4.79 Å². The van der Waals surface area contributed by atoms with E-state index in [0.29, 0.717) is 12.1 Å². The van der Waals surface area contributed by atoms with Gasteiger partial charge < -0.3 is 15.2 Å². The van der Waals surface area contributed by atoms with Crippen LogP contribution in [0, 0.1) is 6.92 Å². The molecule has 0 saturated heterocycles. The minimum atomic E-state index is -1.07. The molecule has 1 rings (SSSR count). The molecule has 7 heteroatoms. The van der Waals surface area contributed by atoms with E-state index in [1.165, 1.54) is 12.1 Å². The zero-order chi connectivity index (χ0) is 15.1. The van der Waals surface area contributed by atoms with Gasteiger partial charge in [-0.1, -0.05) is 6.07 Å². The molecule has 0 aliphatic heterocycles. The summed E-state index contributed by atoms with van der Waals surface area (Å²) in [6.07, 6.45) is 0. The molecule has 108 valence electrons. The number of carboxylic acids is 1. The van der Waals surface area contributed by atoms with Gasteiger partial charge in [-0.3, -0.25) is 10.1 Å². The zero-order valence-corrected chi connectivity index (χ0v) is 11.2. The summed E-state index contributed by atoms with van der Waals surface area (Å²) in [4.78, 5) is 33.5. The van der Waals surface area contributed by atoms with Gasteiger partial charge in [0.15, 0.2) is 6.61 Å². The Morgan fingerprint density at radius 3 is 2.60 bits per heavy atom. The minimum absolute atomic E-state index is 0.103. The van der Waals surface area contributed by atoms with Crippen LogP contribution >= 0.6 is 0 Å². The average Bonchev–Trinajstić information content (AvgIpc) is 2.37. The van der Waals surface area contributed by atoms with Crippen molar-refractivity contribution in [1.29, 1.82) is 0 Å². The fraction of sp³-hybridized carbons (Fsp3) is 0.308. The van der Waals surface area contributed by atoms with Gasteiger partial charge in [0.1, 0.15) is 5.75 Å². The number of amides is 3. The Bertz CT molecular complexity index is 527. The molecule has 1 aromatic carbocycles. The molecule has 20 heavy (non-hydrogen) atoms. The average molecular weight is 280 g/mol. The predicted molar refractivity (Wildman–Crippen MR) is 70.8 cm³/mol. The number of nitrogens with one attached hydrogen (secondary N) is 2. The Labute approximate surface area is 115 Å². The molecular weight excluding hydrogens is 264 g/mol. The molecule has 0 spiro atoms. The largest absolute Gasteiger partial charge is 0.483 e. The molecule has 3 N–H and O–H groups in total. The minimum Gasteiger partial charge on any atom is -0.483 e. The molecular formula is C13H16N2O5. The van der Waals surface area contributed by atoms with Crippen molar-refractivity contribution in [3.8, 4) is 5.75 Å². The highest BCUT2D eigenvalue weighted by atomic mass is 16.5. The number of benzene rings is 1. The molecule has 7 nitrogen and oxygen atoms in total. The first-order valence-electron chi connectivity index (χ1n) is 5.99. The van der Waals surface area contributed by atoms with Gasteiger partial charge in [0.2, 0.25) is 0 Å². The van der Waals surface area contributed by atoms with Gasteiger partial charge in [0, 0.05) is 12.1 Å². The van der Waals surface area contributed by atoms with Gasteiger partial charge in [-0.05, 0) is 26.0 Å². The molecule has 0 fully saturated rings. The van der Waals surface area contributed by atoms with E-state index in [0.717, 1.165) is 0 Å². The lowest BCUT2D eigenvalue weighted by molar-refractivity contribution is -0.122. The molecule has 1 aromatic rings. The van der Waals surface area contributed by atoms with Gasteiger partial charge in [0.25, 0.3) is 5.91 Å². The van der Waals surface area contributed by atoms with Crippen LogP contribution in [0.3, 0.4) is 0 Å². The maximum atomic E-state index is 11.4. The maximum absolute atomic E-state index is 11.4. The standard InChI is InChI=1S/C13H16N2O5/c1-3-14-13(19)15-11(16)7-20-10-6-4-5-9(8(10)2)12(17)18/h4-6H,3,7H2,1-2H3,(H,17,18)(H2,14,15,16,19). The van der Waals surface area contributed by atoms with Crippen LogP contribution in [0.15, 0.2) is 18.2 Å². The van der Waals surface area contributed by atoms with Crippen molar-refractivity contribution >= 4 is 17.9 Å². The number of carboxylic acid groups (broad SMARTS) is 1. The number of ether oxygens (including phenoxy) is 1. The van der Waals surface area contributed by atoms with Crippen molar-refractivity contribution in [3.63, 3.8) is 0 Å². The van der Waals surface area contributed by atoms with Crippen molar-refractivity contribution in [1.82, 2.24) is 10.6 Å². The summed E-state index contributed by atoms with van der Waals surface area (Å²) in [5.41, 5.74) is 0.525. The summed E-state index contributed by atoms with van der Waals surface area (Å²) in [5.74, 6) is -1.40. The second-order valence-electron chi connectivity index (χ2n) is 3.93. The van der Waals surface area contributed by atoms with Gasteiger partial charge in [-0.2, -0.15) is 0 Å². The lowest BCUT2D eigenvalue weighted by Gasteiger charge is -2.10. The molecule has 0 aliphatic carbocycles. The normalized spacial score (nSPS) is 9.70. The Morgan fingerprint density at radius 1 is 1.30 bits per heavy atom. The summed E-state index contributed by atoms with van der Waals surface area (Å²) in [5, 5.41) is 13.4. The number of hydrogen-bond donors (Lipinski definition) is 3. The van der Waals surface area contributed by atoms with E-state index in [2.05, 4.69) is 10.6 Å². The van der Waals surface area contributed by atoms with Gasteiger partial charge in [-0.25, -0.2) is 9.59 Å². The Balaban J connectivity index is 2.62. The van der Waals surface area contributed by atoms with Crippen LogP contribution < -0.4 is 15.4 Å². The van der Waals surface area contributed by atoms with Crippen molar-refractivity contribution < 1.29 is 24.2 Å². The summed E-state index contributed by atoms with van der Waals surface area (Å²) >= 11 is 0. The van der Waals surface area contributed by atoms with E-state index in [4.69, 9.17) is 9.84 Å². The van der Waals surface area contributed by atoms with E-state index in [1.54, 1.807) is 19.9 Å². The van der Waals surface area contributed by atoms with Crippen molar-refractivity contribution in [2.75, 3.05) is 13.2 Å². The van der Waals surface area contributed by atoms with Crippen molar-refractivity contribution in [3.05, 3.63) is 29.3 Å². The third-order valence-corrected chi connectivity index (χ3v) is 2.46. The first-order valence-corrected chi connectivity index (χ1v) is 5.99. The van der Waals surface area contributed by atoms with Gasteiger partial charge in [0.05, 0.1) is 5.56 Å². The summed E-state index contributed by atoms with van der Waals surface area (Å²) < 4.78 is 5.21. The molecule has 0 atom stereocenters. The summed E-state index contributed by atoms with van der Waals surface area (Å²) in [7, 11) is 0. The highest BCUT2D eigenvalue weighted by Crippen LogP contribution is 2.21. The first-order chi connectivity index (χ1) is 9.45. The summed E-state index contributed by atoms with van der Waals surface area (Å²) in [6.45, 7) is 3.34. The van der Waals surface area contributed by atoms with Crippen molar-refractivity contribution in [2.45, 2.75) is 13.8 Å². The second kappa shape index (κ2) is 7.13. The van der Waals surface area contributed by atoms with Gasteiger partial charge in [-0.15, -0.1) is 0 Å². The van der Waals surface area contributed by atoms with Gasteiger partial charge >= 0.3 is 12.0 Å². The number of carbonyl (C=O) groups is 3. The van der Waals surface area contributed by atoms with Crippen LogP contribution in [0.1, 0.15) is 22.8 Å². The van der Waals surface area contributed by atoms with E-state index >= 15 is 0 Å². The third-order valence-electron chi connectivity index (χ3n) is 2.46. The molecule has 0 unspecified atom stereocenters. The molecule has 0 radical (unpaired) electrons. The van der Waals surface area contributed by atoms with E-state index in [-0.39, 0.29) is 17.9 Å². The molecule has 0 aliphatic rings. The monoisotopic (exact) mass is 280 g/mol. The molecule has 3 amide bonds. The number of rotatable bonds is 5. The quantitative estimate of drug-likeness (QED) is 0.743. The number of carbonyl (C=O) groups excluding carboxylic acids is 2. The zero-order valence-electron chi connectivity index (χ0n) is 11.2.